The Morgan fingerprint density at radius 1 is 1.13 bits per heavy atom. The van der Waals surface area contributed by atoms with Gasteiger partial charge in [0.2, 0.25) is 11.6 Å². The van der Waals surface area contributed by atoms with Crippen LogP contribution in [0.1, 0.15) is 53.9 Å². The molecule has 0 fully saturated rings. The van der Waals surface area contributed by atoms with Crippen LogP contribution in [-0.4, -0.2) is 72.9 Å². The van der Waals surface area contributed by atoms with E-state index >= 15 is 0 Å². The van der Waals surface area contributed by atoms with E-state index in [1.54, 1.807) is 40.2 Å². The summed E-state index contributed by atoms with van der Waals surface area (Å²) in [5.41, 5.74) is 1.63. The second kappa shape index (κ2) is 15.1. The van der Waals surface area contributed by atoms with Crippen molar-refractivity contribution in [2.75, 3.05) is 20.8 Å². The Labute approximate surface area is 231 Å². The van der Waals surface area contributed by atoms with Crippen molar-refractivity contribution in [2.24, 2.45) is 11.8 Å². The molecule has 2 bridgehead atoms. The third kappa shape index (κ3) is 9.10. The predicted octanol–water partition coefficient (Wildman–Crippen LogP) is 2.66. The molecule has 0 aromatic carbocycles. The molecule has 0 saturated carbocycles. The Hall–Kier alpha value is -2.85. The van der Waals surface area contributed by atoms with Crippen LogP contribution in [0, 0.1) is 11.8 Å². The summed E-state index contributed by atoms with van der Waals surface area (Å²) >= 11 is 0. The first kappa shape index (κ1) is 32.4. The van der Waals surface area contributed by atoms with E-state index in [0.717, 1.165) is 11.6 Å². The fraction of sp³-hybridized carbons (Fsp3) is 0.567. The number of hydrogen-bond acceptors (Lipinski definition) is 8. The molecule has 9 heteroatoms. The number of methoxy groups -OCH3 is 2. The molecule has 2 rings (SSSR count). The molecule has 1 amide bonds. The largest absolute Gasteiger partial charge is 0.394 e. The minimum Gasteiger partial charge on any atom is -0.394 e. The van der Waals surface area contributed by atoms with Crippen LogP contribution in [-0.2, 0) is 23.9 Å². The lowest BCUT2D eigenvalue weighted by Gasteiger charge is -2.29. The third-order valence-corrected chi connectivity index (χ3v) is 7.07. The maximum Gasteiger partial charge on any atom is 0.251 e. The van der Waals surface area contributed by atoms with E-state index in [0.29, 0.717) is 18.4 Å². The zero-order chi connectivity index (χ0) is 29.3. The number of hydrogen-bond donors (Lipinski definition) is 4. The van der Waals surface area contributed by atoms with E-state index in [9.17, 15) is 24.6 Å². The Balaban J connectivity index is 2.54. The Kier molecular flexibility index (Phi) is 12.5. The van der Waals surface area contributed by atoms with Gasteiger partial charge in [0.15, 0.2) is 0 Å². The van der Waals surface area contributed by atoms with E-state index in [2.05, 4.69) is 10.6 Å². The van der Waals surface area contributed by atoms with Gasteiger partial charge in [-0.1, -0.05) is 43.7 Å². The molecule has 2 aliphatic rings. The van der Waals surface area contributed by atoms with Gasteiger partial charge in [-0.15, -0.1) is 0 Å². The van der Waals surface area contributed by atoms with Gasteiger partial charge in [-0.3, -0.25) is 14.4 Å². The van der Waals surface area contributed by atoms with Crippen molar-refractivity contribution in [2.45, 2.75) is 78.2 Å². The Morgan fingerprint density at radius 2 is 1.82 bits per heavy atom. The highest BCUT2D eigenvalue weighted by Crippen LogP contribution is 2.28. The van der Waals surface area contributed by atoms with Crippen molar-refractivity contribution in [3.8, 4) is 0 Å². The summed E-state index contributed by atoms with van der Waals surface area (Å²) in [4.78, 5) is 39.5. The molecule has 0 aromatic heterocycles. The van der Waals surface area contributed by atoms with Gasteiger partial charge in [0.25, 0.3) is 5.91 Å². The predicted molar refractivity (Wildman–Crippen MR) is 149 cm³/mol. The molecule has 0 spiro atoms. The first-order valence-electron chi connectivity index (χ1n) is 13.4. The number of Topliss-reactive ketones (excluding diaryl/α,β-unsaturated/α-hetero) is 1. The van der Waals surface area contributed by atoms with Crippen molar-refractivity contribution in [1.29, 1.82) is 0 Å². The third-order valence-electron chi connectivity index (χ3n) is 7.07. The maximum atomic E-state index is 13.5. The molecule has 0 saturated heterocycles. The normalized spacial score (nSPS) is 32.4. The zero-order valence-electron chi connectivity index (χ0n) is 24.1. The summed E-state index contributed by atoms with van der Waals surface area (Å²) in [5.74, 6) is -1.79. The van der Waals surface area contributed by atoms with Crippen LogP contribution in [0.3, 0.4) is 0 Å². The summed E-state index contributed by atoms with van der Waals surface area (Å²) < 4.78 is 11.2. The topological polar surface area (TPSA) is 134 Å². The summed E-state index contributed by atoms with van der Waals surface area (Å²) in [6.07, 6.45) is 8.00. The van der Waals surface area contributed by atoms with Crippen LogP contribution in [0.2, 0.25) is 0 Å². The average molecular weight is 545 g/mol. The van der Waals surface area contributed by atoms with E-state index in [1.165, 1.54) is 0 Å². The van der Waals surface area contributed by atoms with Crippen LogP contribution >= 0.6 is 0 Å². The Bertz CT molecular complexity index is 1070. The van der Waals surface area contributed by atoms with E-state index in [4.69, 9.17) is 9.47 Å². The summed E-state index contributed by atoms with van der Waals surface area (Å²) in [7, 11) is 3.15. The summed E-state index contributed by atoms with van der Waals surface area (Å²) in [5, 5.41) is 26.2. The van der Waals surface area contributed by atoms with Gasteiger partial charge < -0.3 is 30.3 Å². The van der Waals surface area contributed by atoms with Crippen LogP contribution in [0.25, 0.3) is 0 Å². The molecule has 39 heavy (non-hydrogen) atoms. The van der Waals surface area contributed by atoms with Gasteiger partial charge >= 0.3 is 0 Å². The fourth-order valence-corrected chi connectivity index (χ4v) is 4.76. The molecule has 1 aliphatic heterocycles. The quantitative estimate of drug-likeness (QED) is 0.307. The lowest BCUT2D eigenvalue weighted by molar-refractivity contribution is -0.120. The van der Waals surface area contributed by atoms with E-state index in [1.807, 2.05) is 32.9 Å². The SMILES string of the molecule is CO[C@@H]1/C=C\C=C(/C)C(=O)NC2=CC(=O)C(N[C@@H](C)CO)=C(C[C@@H](C)C[C@H](OC)[C@H](O)[C@@H](C)/C=C(\C)C1)C2=O. The number of allylic oxidation sites excluding steroid dienone is 4. The zero-order valence-corrected chi connectivity index (χ0v) is 24.1. The van der Waals surface area contributed by atoms with Crippen molar-refractivity contribution >= 4 is 17.5 Å². The van der Waals surface area contributed by atoms with Gasteiger partial charge in [-0.05, 0) is 46.0 Å². The second-order valence-corrected chi connectivity index (χ2v) is 10.7. The number of carbonyl (C=O) groups excluding carboxylic acids is 3. The molecule has 0 radical (unpaired) electrons. The van der Waals surface area contributed by atoms with Crippen molar-refractivity contribution in [3.63, 3.8) is 0 Å². The van der Waals surface area contributed by atoms with Gasteiger partial charge in [0, 0.05) is 43.4 Å². The summed E-state index contributed by atoms with van der Waals surface area (Å²) in [6, 6.07) is -0.460. The first-order valence-corrected chi connectivity index (χ1v) is 13.4. The lowest BCUT2D eigenvalue weighted by Crippen LogP contribution is -2.39. The standard InChI is InChI=1S/C30H44N2O7/c1-17-11-20(4)28(35)26(39-7)14-18(2)13-23-27(31-21(5)16-33)25(34)15-24(29(23)36)32-30(37)19(3)9-8-10-22(12-17)38-6/h8-11,15,18,20-22,26,28,31,33,35H,12-14,16H2,1-7H3,(H,32,37)/b10-8-,17-11+,19-9+/t18-,20+,21+,22-,26+,28-/m1/s1. The first-order chi connectivity index (χ1) is 18.4. The van der Waals surface area contributed by atoms with Crippen LogP contribution in [0.15, 0.2) is 58.5 Å². The molecule has 0 unspecified atom stereocenters. The second-order valence-electron chi connectivity index (χ2n) is 10.7. The molecule has 6 atom stereocenters. The molecule has 1 heterocycles. The number of nitrogens with one attached hydrogen (secondary N) is 2. The number of carbonyl (C=O) groups is 3. The van der Waals surface area contributed by atoms with Crippen molar-refractivity contribution < 1.29 is 34.1 Å². The highest BCUT2D eigenvalue weighted by molar-refractivity contribution is 6.23. The smallest absolute Gasteiger partial charge is 0.251 e. The number of rotatable bonds is 5. The molecular weight excluding hydrogens is 500 g/mol. The molecule has 9 nitrogen and oxygen atoms in total. The number of aliphatic hydroxyl groups excluding tert-OH is 2. The Morgan fingerprint density at radius 3 is 2.44 bits per heavy atom. The van der Waals surface area contributed by atoms with E-state index in [-0.39, 0.29) is 47.9 Å². The van der Waals surface area contributed by atoms with Gasteiger partial charge in [0.1, 0.15) is 0 Å². The minimum absolute atomic E-state index is 0.101. The molecule has 1 aliphatic carbocycles. The number of ketones is 2. The molecule has 4 N–H and O–H groups in total. The molecular formula is C30H44N2O7. The lowest BCUT2D eigenvalue weighted by atomic mass is 9.85. The van der Waals surface area contributed by atoms with Gasteiger partial charge in [0.05, 0.1) is 36.3 Å². The fourth-order valence-electron chi connectivity index (χ4n) is 4.76. The summed E-state index contributed by atoms with van der Waals surface area (Å²) in [6.45, 7) is 8.91. The number of amides is 1. The highest BCUT2D eigenvalue weighted by atomic mass is 16.5. The molecule has 216 valence electrons. The van der Waals surface area contributed by atoms with Crippen molar-refractivity contribution in [1.82, 2.24) is 10.6 Å². The van der Waals surface area contributed by atoms with Crippen LogP contribution < -0.4 is 10.6 Å². The van der Waals surface area contributed by atoms with Gasteiger partial charge in [-0.2, -0.15) is 0 Å². The van der Waals surface area contributed by atoms with Crippen molar-refractivity contribution in [3.05, 3.63) is 58.5 Å². The minimum atomic E-state index is -0.795. The number of fused-ring (bicyclic) bond motifs is 2. The average Bonchev–Trinajstić information content (AvgIpc) is 2.89. The van der Waals surface area contributed by atoms with Crippen LogP contribution in [0.5, 0.6) is 0 Å². The maximum absolute atomic E-state index is 13.5. The number of aliphatic hydroxyl groups is 2. The molecule has 0 aromatic rings. The van der Waals surface area contributed by atoms with Crippen LogP contribution in [0.4, 0.5) is 0 Å². The number of ether oxygens (including phenoxy) is 2. The van der Waals surface area contributed by atoms with Gasteiger partial charge in [-0.25, -0.2) is 0 Å². The van der Waals surface area contributed by atoms with E-state index < -0.39 is 35.7 Å². The monoisotopic (exact) mass is 544 g/mol. The highest BCUT2D eigenvalue weighted by Gasteiger charge is 2.33.